The van der Waals surface area contributed by atoms with Gasteiger partial charge in [0, 0.05) is 18.0 Å². The number of nitrogens with zero attached hydrogens (tertiary/aromatic N) is 1. The lowest BCUT2D eigenvalue weighted by atomic mass is 10.1. The molecule has 1 unspecified atom stereocenters. The van der Waals surface area contributed by atoms with Crippen LogP contribution >= 0.6 is 15.9 Å². The molecule has 0 spiro atoms. The number of nitrogens with two attached hydrogens (primary N) is 1. The highest BCUT2D eigenvalue weighted by molar-refractivity contribution is 9.10. The van der Waals surface area contributed by atoms with Gasteiger partial charge in [-0.3, -0.25) is 4.79 Å². The van der Waals surface area contributed by atoms with Gasteiger partial charge in [0.15, 0.2) is 0 Å². The molecule has 0 bridgehead atoms. The second-order valence-electron chi connectivity index (χ2n) is 3.80. The number of nitrogens with one attached hydrogen (secondary N) is 1. The molecule has 5 nitrogen and oxygen atoms in total. The molecule has 1 rings (SSSR count). The highest BCUT2D eigenvalue weighted by Crippen LogP contribution is 2.16. The summed E-state index contributed by atoms with van der Waals surface area (Å²) in [6.45, 7) is 1.72. The standard InChI is InChI=1S/C11H13BrFN3O2/c1-6(4-10(14)16-18)15-11(17)7-2-3-9(13)8(12)5-7/h2-3,5-6,18H,4H2,1H3,(H2,14,16)(H,15,17). The van der Waals surface area contributed by atoms with Gasteiger partial charge in [0.25, 0.3) is 5.91 Å². The van der Waals surface area contributed by atoms with Crippen molar-refractivity contribution >= 4 is 27.7 Å². The number of carbonyl (C=O) groups excluding carboxylic acids is 1. The minimum Gasteiger partial charge on any atom is -0.409 e. The van der Waals surface area contributed by atoms with E-state index in [0.717, 1.165) is 0 Å². The molecule has 0 aliphatic carbocycles. The van der Waals surface area contributed by atoms with Gasteiger partial charge in [-0.25, -0.2) is 4.39 Å². The average molecular weight is 318 g/mol. The third kappa shape index (κ3) is 3.99. The van der Waals surface area contributed by atoms with Crippen LogP contribution in [0.1, 0.15) is 23.7 Å². The first-order valence-electron chi connectivity index (χ1n) is 5.16. The monoisotopic (exact) mass is 317 g/mol. The second-order valence-corrected chi connectivity index (χ2v) is 4.65. The minimum absolute atomic E-state index is 0.0306. The molecule has 7 heteroatoms. The number of halogens is 2. The molecule has 0 aliphatic rings. The van der Waals surface area contributed by atoms with E-state index in [9.17, 15) is 9.18 Å². The topological polar surface area (TPSA) is 87.7 Å². The first-order chi connectivity index (χ1) is 8.43. The maximum atomic E-state index is 13.0. The van der Waals surface area contributed by atoms with Crippen LogP contribution < -0.4 is 11.1 Å². The maximum Gasteiger partial charge on any atom is 0.251 e. The smallest absolute Gasteiger partial charge is 0.251 e. The molecule has 0 aromatic heterocycles. The van der Waals surface area contributed by atoms with E-state index in [0.29, 0.717) is 5.56 Å². The van der Waals surface area contributed by atoms with Crippen molar-refractivity contribution in [3.63, 3.8) is 0 Å². The number of benzene rings is 1. The fraction of sp³-hybridized carbons (Fsp3) is 0.273. The minimum atomic E-state index is -0.434. The van der Waals surface area contributed by atoms with Crippen molar-refractivity contribution in [2.45, 2.75) is 19.4 Å². The third-order valence-corrected chi connectivity index (χ3v) is 2.81. The number of rotatable bonds is 4. The summed E-state index contributed by atoms with van der Waals surface area (Å²) >= 11 is 3.00. The Morgan fingerprint density at radius 2 is 2.33 bits per heavy atom. The Morgan fingerprint density at radius 1 is 1.67 bits per heavy atom. The van der Waals surface area contributed by atoms with E-state index in [2.05, 4.69) is 26.4 Å². The van der Waals surface area contributed by atoms with E-state index in [-0.39, 0.29) is 28.7 Å². The van der Waals surface area contributed by atoms with E-state index in [1.54, 1.807) is 6.92 Å². The molecule has 0 heterocycles. The van der Waals surface area contributed by atoms with Crippen LogP contribution in [0.15, 0.2) is 27.8 Å². The zero-order valence-electron chi connectivity index (χ0n) is 9.65. The second kappa shape index (κ2) is 6.34. The Kier molecular flexibility index (Phi) is 5.08. The molecule has 1 aromatic carbocycles. The molecule has 1 amide bonds. The Labute approximate surface area is 112 Å². The summed E-state index contributed by atoms with van der Waals surface area (Å²) in [4.78, 5) is 11.8. The number of hydrogen-bond donors (Lipinski definition) is 3. The molecule has 0 saturated heterocycles. The normalized spacial score (nSPS) is 13.2. The first kappa shape index (κ1) is 14.4. The highest BCUT2D eigenvalue weighted by Gasteiger charge is 2.12. The predicted octanol–water partition coefficient (Wildman–Crippen LogP) is 1.84. The highest BCUT2D eigenvalue weighted by atomic mass is 79.9. The van der Waals surface area contributed by atoms with Gasteiger partial charge in [0.05, 0.1) is 4.47 Å². The average Bonchev–Trinajstić information content (AvgIpc) is 2.32. The van der Waals surface area contributed by atoms with Crippen molar-refractivity contribution in [1.29, 1.82) is 0 Å². The molecule has 18 heavy (non-hydrogen) atoms. The van der Waals surface area contributed by atoms with Crippen LogP contribution in [0.3, 0.4) is 0 Å². The summed E-state index contributed by atoms with van der Waals surface area (Å²) in [5.41, 5.74) is 5.65. The molecule has 4 N–H and O–H groups in total. The molecule has 1 aromatic rings. The molecular formula is C11H13BrFN3O2. The first-order valence-corrected chi connectivity index (χ1v) is 5.95. The van der Waals surface area contributed by atoms with Crippen LogP contribution in [-0.4, -0.2) is 23.0 Å². The summed E-state index contributed by atoms with van der Waals surface area (Å²) < 4.78 is 13.2. The van der Waals surface area contributed by atoms with Crippen LogP contribution in [0.2, 0.25) is 0 Å². The Bertz CT molecular complexity index is 479. The van der Waals surface area contributed by atoms with Gasteiger partial charge in [-0.1, -0.05) is 5.16 Å². The fourth-order valence-corrected chi connectivity index (χ4v) is 1.73. The van der Waals surface area contributed by atoms with Gasteiger partial charge >= 0.3 is 0 Å². The zero-order valence-corrected chi connectivity index (χ0v) is 11.2. The summed E-state index contributed by atoms with van der Waals surface area (Å²) in [5.74, 6) is -0.756. The van der Waals surface area contributed by atoms with Crippen LogP contribution in [0.4, 0.5) is 4.39 Å². The van der Waals surface area contributed by atoms with Gasteiger partial charge in [-0.15, -0.1) is 0 Å². The van der Waals surface area contributed by atoms with Crippen LogP contribution in [0, 0.1) is 5.82 Å². The van der Waals surface area contributed by atoms with E-state index in [1.165, 1.54) is 18.2 Å². The fourth-order valence-electron chi connectivity index (χ4n) is 1.35. The molecule has 0 radical (unpaired) electrons. The molecule has 0 aliphatic heterocycles. The van der Waals surface area contributed by atoms with E-state index in [1.807, 2.05) is 0 Å². The van der Waals surface area contributed by atoms with Crippen molar-refractivity contribution in [1.82, 2.24) is 5.32 Å². The molecule has 1 atom stereocenters. The van der Waals surface area contributed by atoms with Crippen molar-refractivity contribution in [2.75, 3.05) is 0 Å². The van der Waals surface area contributed by atoms with Crippen molar-refractivity contribution in [3.8, 4) is 0 Å². The van der Waals surface area contributed by atoms with E-state index >= 15 is 0 Å². The van der Waals surface area contributed by atoms with Gasteiger partial charge < -0.3 is 16.3 Å². The number of amides is 1. The number of hydrogen-bond acceptors (Lipinski definition) is 3. The van der Waals surface area contributed by atoms with E-state index < -0.39 is 5.82 Å². The van der Waals surface area contributed by atoms with Crippen LogP contribution in [0.25, 0.3) is 0 Å². The Balaban J connectivity index is 2.67. The Morgan fingerprint density at radius 3 is 2.89 bits per heavy atom. The zero-order chi connectivity index (χ0) is 13.7. The molecule has 98 valence electrons. The lowest BCUT2D eigenvalue weighted by molar-refractivity contribution is 0.0941. The summed E-state index contributed by atoms with van der Waals surface area (Å²) in [6, 6.07) is 3.68. The summed E-state index contributed by atoms with van der Waals surface area (Å²) in [7, 11) is 0. The quantitative estimate of drug-likeness (QED) is 0.343. The van der Waals surface area contributed by atoms with Gasteiger partial charge in [-0.2, -0.15) is 0 Å². The van der Waals surface area contributed by atoms with Crippen molar-refractivity contribution in [2.24, 2.45) is 10.9 Å². The largest absolute Gasteiger partial charge is 0.409 e. The van der Waals surface area contributed by atoms with Gasteiger partial charge in [0.2, 0.25) is 0 Å². The van der Waals surface area contributed by atoms with Crippen LogP contribution in [0.5, 0.6) is 0 Å². The third-order valence-electron chi connectivity index (χ3n) is 2.20. The number of carbonyl (C=O) groups is 1. The van der Waals surface area contributed by atoms with Gasteiger partial charge in [-0.05, 0) is 41.1 Å². The van der Waals surface area contributed by atoms with E-state index in [4.69, 9.17) is 10.9 Å². The summed E-state index contributed by atoms with van der Waals surface area (Å²) in [5, 5.41) is 13.9. The van der Waals surface area contributed by atoms with Gasteiger partial charge in [0.1, 0.15) is 11.7 Å². The SMILES string of the molecule is CC(C/C(N)=N/O)NC(=O)c1ccc(F)c(Br)c1. The van der Waals surface area contributed by atoms with Crippen molar-refractivity contribution in [3.05, 3.63) is 34.1 Å². The molecule has 0 saturated carbocycles. The van der Waals surface area contributed by atoms with Crippen LogP contribution in [-0.2, 0) is 0 Å². The number of oxime groups is 1. The number of amidine groups is 1. The molecule has 0 fully saturated rings. The lowest BCUT2D eigenvalue weighted by Gasteiger charge is -2.13. The lowest BCUT2D eigenvalue weighted by Crippen LogP contribution is -2.35. The molecular weight excluding hydrogens is 305 g/mol. The maximum absolute atomic E-state index is 13.0. The summed E-state index contributed by atoms with van der Waals surface area (Å²) in [6.07, 6.45) is 0.227. The van der Waals surface area contributed by atoms with Crippen molar-refractivity contribution < 1.29 is 14.4 Å². The predicted molar refractivity (Wildman–Crippen MR) is 69.1 cm³/mol. The Hall–Kier alpha value is -1.63.